The number of hydrogen-bond donors (Lipinski definition) is 1. The maximum absolute atomic E-state index is 10.2. The lowest BCUT2D eigenvalue weighted by Gasteiger charge is -1.95. The van der Waals surface area contributed by atoms with E-state index in [1.54, 1.807) is 12.1 Å². The largest absolute Gasteiger partial charge is 0.481 e. The minimum absolute atomic E-state index is 0.0150. The molecule has 5 heteroatoms. The van der Waals surface area contributed by atoms with Gasteiger partial charge < -0.3 is 5.11 Å². The van der Waals surface area contributed by atoms with Gasteiger partial charge in [-0.3, -0.25) is 4.79 Å². The third-order valence-electron chi connectivity index (χ3n) is 1.21. The molecule has 1 aromatic rings. The van der Waals surface area contributed by atoms with Gasteiger partial charge in [0, 0.05) is 6.20 Å². The van der Waals surface area contributed by atoms with Gasteiger partial charge >= 0.3 is 5.97 Å². The van der Waals surface area contributed by atoms with E-state index in [2.05, 4.69) is 4.98 Å². The van der Waals surface area contributed by atoms with Crippen LogP contribution in [0.5, 0.6) is 0 Å². The van der Waals surface area contributed by atoms with Crippen LogP contribution in [0.1, 0.15) is 5.56 Å². The smallest absolute Gasteiger partial charge is 0.313 e. The number of nitriles is 1. The summed E-state index contributed by atoms with van der Waals surface area (Å²) in [5.74, 6) is -0.894. The molecule has 0 spiro atoms. The summed E-state index contributed by atoms with van der Waals surface area (Å²) in [5.41, 5.74) is 0.472. The van der Waals surface area contributed by atoms with E-state index in [4.69, 9.17) is 10.4 Å². The third-order valence-corrected chi connectivity index (χ3v) is 2.14. The van der Waals surface area contributed by atoms with Crippen molar-refractivity contribution in [3.63, 3.8) is 0 Å². The fourth-order valence-electron chi connectivity index (χ4n) is 0.667. The first-order valence-electron chi connectivity index (χ1n) is 3.43. The summed E-state index contributed by atoms with van der Waals surface area (Å²) in [6.07, 6.45) is 1.42. The molecule has 0 aliphatic carbocycles. The molecule has 0 fully saturated rings. The Bertz CT molecular complexity index is 342. The number of carbonyl (C=O) groups is 1. The molecule has 66 valence electrons. The van der Waals surface area contributed by atoms with Gasteiger partial charge in [-0.15, -0.1) is 0 Å². The van der Waals surface area contributed by atoms with Crippen LogP contribution in [0, 0.1) is 11.3 Å². The van der Waals surface area contributed by atoms with Gasteiger partial charge in [-0.05, 0) is 12.1 Å². The molecule has 1 rings (SSSR count). The summed E-state index contributed by atoms with van der Waals surface area (Å²) in [7, 11) is 0. The van der Waals surface area contributed by atoms with Crippen LogP contribution in [-0.2, 0) is 4.79 Å². The van der Waals surface area contributed by atoms with Crippen LogP contribution >= 0.6 is 11.8 Å². The number of thioether (sulfide) groups is 1. The van der Waals surface area contributed by atoms with E-state index in [9.17, 15) is 4.79 Å². The zero-order valence-corrected chi connectivity index (χ0v) is 7.41. The van der Waals surface area contributed by atoms with Crippen molar-refractivity contribution >= 4 is 17.7 Å². The molecule has 0 unspecified atom stereocenters. The fourth-order valence-corrected chi connectivity index (χ4v) is 1.23. The van der Waals surface area contributed by atoms with Crippen LogP contribution in [0.3, 0.4) is 0 Å². The highest BCUT2D eigenvalue weighted by Gasteiger charge is 2.00. The van der Waals surface area contributed by atoms with Crippen molar-refractivity contribution in [3.8, 4) is 6.07 Å². The van der Waals surface area contributed by atoms with E-state index >= 15 is 0 Å². The summed E-state index contributed by atoms with van der Waals surface area (Å²) in [6.45, 7) is 0. The van der Waals surface area contributed by atoms with E-state index in [1.165, 1.54) is 6.20 Å². The molecule has 13 heavy (non-hydrogen) atoms. The topological polar surface area (TPSA) is 74.0 Å². The first-order chi connectivity index (χ1) is 6.22. The number of aromatic nitrogens is 1. The molecule has 0 bridgehead atoms. The van der Waals surface area contributed by atoms with Crippen LogP contribution < -0.4 is 0 Å². The molecule has 0 saturated carbocycles. The Balaban J connectivity index is 2.60. The fraction of sp³-hybridized carbons (Fsp3) is 0.125. The molecule has 0 aliphatic heterocycles. The van der Waals surface area contributed by atoms with E-state index in [-0.39, 0.29) is 5.75 Å². The average molecular weight is 194 g/mol. The summed E-state index contributed by atoms with van der Waals surface area (Å²) in [5, 5.41) is 17.4. The highest BCUT2D eigenvalue weighted by molar-refractivity contribution is 7.99. The van der Waals surface area contributed by atoms with Gasteiger partial charge in [0.05, 0.1) is 16.3 Å². The van der Waals surface area contributed by atoms with Crippen LogP contribution in [0.15, 0.2) is 23.4 Å². The van der Waals surface area contributed by atoms with Gasteiger partial charge in [0.2, 0.25) is 0 Å². The van der Waals surface area contributed by atoms with E-state index < -0.39 is 5.97 Å². The number of aliphatic carboxylic acids is 1. The molecule has 1 aromatic heterocycles. The summed E-state index contributed by atoms with van der Waals surface area (Å²) >= 11 is 1.13. The van der Waals surface area contributed by atoms with Crippen molar-refractivity contribution in [1.29, 1.82) is 5.26 Å². The lowest BCUT2D eigenvalue weighted by atomic mass is 10.3. The Morgan fingerprint density at radius 2 is 2.46 bits per heavy atom. The third kappa shape index (κ3) is 3.13. The van der Waals surface area contributed by atoms with Crippen molar-refractivity contribution in [1.82, 2.24) is 4.98 Å². The van der Waals surface area contributed by atoms with Gasteiger partial charge in [-0.25, -0.2) is 4.98 Å². The van der Waals surface area contributed by atoms with Crippen molar-refractivity contribution in [3.05, 3.63) is 23.9 Å². The molecule has 0 saturated heterocycles. The van der Waals surface area contributed by atoms with Gasteiger partial charge in [0.25, 0.3) is 0 Å². The molecular weight excluding hydrogens is 188 g/mol. The number of hydrogen-bond acceptors (Lipinski definition) is 4. The Kier molecular flexibility index (Phi) is 3.29. The Labute approximate surface area is 79.2 Å². The van der Waals surface area contributed by atoms with Gasteiger partial charge in [0.15, 0.2) is 0 Å². The average Bonchev–Trinajstić information content (AvgIpc) is 2.15. The van der Waals surface area contributed by atoms with Crippen molar-refractivity contribution in [2.24, 2.45) is 0 Å². The second-order valence-corrected chi connectivity index (χ2v) is 3.17. The molecular formula is C8H6N2O2S. The minimum atomic E-state index is -0.879. The monoisotopic (exact) mass is 194 g/mol. The summed E-state index contributed by atoms with van der Waals surface area (Å²) in [6, 6.07) is 5.17. The Hall–Kier alpha value is -1.54. The summed E-state index contributed by atoms with van der Waals surface area (Å²) < 4.78 is 0. The van der Waals surface area contributed by atoms with Crippen LogP contribution in [-0.4, -0.2) is 21.8 Å². The molecule has 0 radical (unpaired) electrons. The highest BCUT2D eigenvalue weighted by atomic mass is 32.2. The van der Waals surface area contributed by atoms with Gasteiger partial charge in [-0.2, -0.15) is 5.26 Å². The first-order valence-corrected chi connectivity index (χ1v) is 4.41. The minimum Gasteiger partial charge on any atom is -0.481 e. The van der Waals surface area contributed by atoms with Crippen LogP contribution in [0.2, 0.25) is 0 Å². The second-order valence-electron chi connectivity index (χ2n) is 2.18. The second kappa shape index (κ2) is 4.48. The number of pyridine rings is 1. The number of nitrogens with zero attached hydrogens (tertiary/aromatic N) is 2. The lowest BCUT2D eigenvalue weighted by Crippen LogP contribution is -1.97. The van der Waals surface area contributed by atoms with Crippen molar-refractivity contribution in [2.75, 3.05) is 5.75 Å². The van der Waals surface area contributed by atoms with Crippen LogP contribution in [0.4, 0.5) is 0 Å². The van der Waals surface area contributed by atoms with Crippen molar-refractivity contribution in [2.45, 2.75) is 5.03 Å². The lowest BCUT2D eigenvalue weighted by molar-refractivity contribution is -0.133. The molecule has 0 aromatic carbocycles. The molecule has 0 atom stereocenters. The quantitative estimate of drug-likeness (QED) is 0.730. The standard InChI is InChI=1S/C8H6N2O2S/c9-3-6-1-2-7(10-4-6)13-5-8(11)12/h1-2,4H,5H2,(H,11,12). The summed E-state index contributed by atoms with van der Waals surface area (Å²) in [4.78, 5) is 14.1. The maximum Gasteiger partial charge on any atom is 0.313 e. The predicted octanol–water partition coefficient (Wildman–Crippen LogP) is 1.13. The molecule has 1 N–H and O–H groups in total. The van der Waals surface area contributed by atoms with Gasteiger partial charge in [-0.1, -0.05) is 11.8 Å². The molecule has 4 nitrogen and oxygen atoms in total. The molecule has 0 amide bonds. The normalized spacial score (nSPS) is 9.15. The van der Waals surface area contributed by atoms with Gasteiger partial charge in [0.1, 0.15) is 6.07 Å². The van der Waals surface area contributed by atoms with Crippen molar-refractivity contribution < 1.29 is 9.90 Å². The molecule has 1 heterocycles. The first kappa shape index (κ1) is 9.55. The Morgan fingerprint density at radius 1 is 1.69 bits per heavy atom. The maximum atomic E-state index is 10.2. The number of rotatable bonds is 3. The number of carboxylic acid groups (broad SMARTS) is 1. The Morgan fingerprint density at radius 3 is 2.92 bits per heavy atom. The van der Waals surface area contributed by atoms with E-state index in [0.717, 1.165) is 11.8 Å². The predicted molar refractivity (Wildman–Crippen MR) is 47.3 cm³/mol. The van der Waals surface area contributed by atoms with E-state index in [0.29, 0.717) is 10.6 Å². The highest BCUT2D eigenvalue weighted by Crippen LogP contribution is 2.14. The van der Waals surface area contributed by atoms with E-state index in [1.807, 2.05) is 6.07 Å². The molecule has 0 aliphatic rings. The zero-order valence-electron chi connectivity index (χ0n) is 6.60. The number of carboxylic acids is 1. The zero-order chi connectivity index (χ0) is 9.68. The SMILES string of the molecule is N#Cc1ccc(SCC(=O)O)nc1. The van der Waals surface area contributed by atoms with Crippen LogP contribution in [0.25, 0.3) is 0 Å².